The largest absolute Gasteiger partial charge is 0.396 e. The highest BCUT2D eigenvalue weighted by Gasteiger charge is 2.25. The van der Waals surface area contributed by atoms with Crippen molar-refractivity contribution < 1.29 is 13.5 Å². The van der Waals surface area contributed by atoms with Crippen molar-refractivity contribution in [3.05, 3.63) is 47.2 Å². The summed E-state index contributed by atoms with van der Waals surface area (Å²) < 4.78 is 30.4. The Bertz CT molecular complexity index is 1170. The van der Waals surface area contributed by atoms with Gasteiger partial charge in [0.05, 0.1) is 33.6 Å². The van der Waals surface area contributed by atoms with Crippen LogP contribution in [-0.4, -0.2) is 35.1 Å². The Hall–Kier alpha value is -2.13. The third-order valence-corrected chi connectivity index (χ3v) is 7.14. The number of halogens is 1. The average Bonchev–Trinajstić information content (AvgIpc) is 3.07. The van der Waals surface area contributed by atoms with Crippen LogP contribution in [0.1, 0.15) is 31.2 Å². The van der Waals surface area contributed by atoms with E-state index in [4.69, 9.17) is 17.3 Å². The van der Waals surface area contributed by atoms with Crippen LogP contribution in [0.3, 0.4) is 0 Å². The summed E-state index contributed by atoms with van der Waals surface area (Å²) in [5.41, 5.74) is 9.38. The summed E-state index contributed by atoms with van der Waals surface area (Å²) in [6, 6.07) is 6.50. The molecule has 0 radical (unpaired) electrons. The molecule has 29 heavy (non-hydrogen) atoms. The van der Waals surface area contributed by atoms with E-state index in [0.29, 0.717) is 47.7 Å². The Morgan fingerprint density at radius 3 is 2.69 bits per heavy atom. The van der Waals surface area contributed by atoms with Gasteiger partial charge in [-0.3, -0.25) is 4.40 Å². The number of nitrogens with one attached hydrogen (secondary N) is 1. The fourth-order valence-electron chi connectivity index (χ4n) is 3.80. The Labute approximate surface area is 174 Å². The van der Waals surface area contributed by atoms with E-state index < -0.39 is 10.0 Å². The second-order valence-electron chi connectivity index (χ2n) is 7.55. The molecule has 7 nitrogen and oxygen atoms in total. The molecule has 1 saturated carbocycles. The van der Waals surface area contributed by atoms with Gasteiger partial charge in [0.15, 0.2) is 5.65 Å². The molecule has 0 unspecified atom stereocenters. The van der Waals surface area contributed by atoms with Gasteiger partial charge in [0, 0.05) is 17.8 Å². The second kappa shape index (κ2) is 7.60. The molecule has 2 heterocycles. The number of pyridine rings is 1. The summed E-state index contributed by atoms with van der Waals surface area (Å²) in [5.74, 6) is 0. The normalized spacial score (nSPS) is 20.2. The fraction of sp³-hybridized carbons (Fsp3) is 0.350. The molecular weight excluding hydrogens is 412 g/mol. The van der Waals surface area contributed by atoms with Gasteiger partial charge in [-0.1, -0.05) is 17.7 Å². The van der Waals surface area contributed by atoms with E-state index in [1.165, 1.54) is 0 Å². The van der Waals surface area contributed by atoms with Crippen LogP contribution in [-0.2, 0) is 10.0 Å². The first kappa shape index (κ1) is 20.2. The lowest BCUT2D eigenvalue weighted by Crippen LogP contribution is -2.38. The number of aromatic nitrogens is 2. The van der Waals surface area contributed by atoms with Gasteiger partial charge in [0.1, 0.15) is 0 Å². The molecule has 154 valence electrons. The summed E-state index contributed by atoms with van der Waals surface area (Å²) in [6.07, 6.45) is 5.51. The lowest BCUT2D eigenvalue weighted by molar-refractivity contribution is 0.120. The minimum atomic E-state index is -3.69. The van der Waals surface area contributed by atoms with Crippen molar-refractivity contribution in [2.45, 2.75) is 49.6 Å². The molecule has 1 aliphatic carbocycles. The molecule has 1 fully saturated rings. The summed E-state index contributed by atoms with van der Waals surface area (Å²) >= 11 is 6.15. The number of imidazole rings is 1. The van der Waals surface area contributed by atoms with E-state index in [9.17, 15) is 13.5 Å². The summed E-state index contributed by atoms with van der Waals surface area (Å²) in [7, 11) is -3.69. The predicted octanol–water partition coefficient (Wildman–Crippen LogP) is 3.13. The maximum absolute atomic E-state index is 12.9. The molecule has 0 spiro atoms. The number of hydrogen-bond acceptors (Lipinski definition) is 5. The first-order valence-corrected chi connectivity index (χ1v) is 11.3. The molecule has 9 heteroatoms. The molecule has 2 aromatic heterocycles. The van der Waals surface area contributed by atoms with Crippen LogP contribution in [0.15, 0.2) is 41.6 Å². The number of nitrogens with two attached hydrogens (primary N) is 1. The van der Waals surface area contributed by atoms with Gasteiger partial charge in [0.25, 0.3) is 0 Å². The molecule has 0 amide bonds. The Morgan fingerprint density at radius 2 is 1.97 bits per heavy atom. The molecule has 0 aliphatic heterocycles. The molecular formula is C20H23ClN4O3S. The van der Waals surface area contributed by atoms with Crippen molar-refractivity contribution in [3.8, 4) is 11.3 Å². The van der Waals surface area contributed by atoms with Gasteiger partial charge in [-0.05, 0) is 56.4 Å². The van der Waals surface area contributed by atoms with Crippen LogP contribution >= 0.6 is 11.6 Å². The third-order valence-electron chi connectivity index (χ3n) is 5.41. The zero-order valence-corrected chi connectivity index (χ0v) is 17.5. The number of aliphatic hydroxyl groups is 1. The Morgan fingerprint density at radius 1 is 1.24 bits per heavy atom. The van der Waals surface area contributed by atoms with Crippen molar-refractivity contribution in [1.29, 1.82) is 0 Å². The van der Waals surface area contributed by atoms with Crippen LogP contribution in [0.5, 0.6) is 0 Å². The maximum atomic E-state index is 12.9. The molecule has 0 atom stereocenters. The lowest BCUT2D eigenvalue weighted by Gasteiger charge is -2.26. The van der Waals surface area contributed by atoms with Gasteiger partial charge < -0.3 is 10.8 Å². The van der Waals surface area contributed by atoms with Crippen molar-refractivity contribution >= 4 is 33.0 Å². The number of aryl methyl sites for hydroxylation is 1. The van der Waals surface area contributed by atoms with E-state index in [-0.39, 0.29) is 17.0 Å². The number of nitrogens with zero attached hydrogens (tertiary/aromatic N) is 2. The molecule has 1 aromatic carbocycles. The maximum Gasteiger partial charge on any atom is 0.240 e. The first-order chi connectivity index (χ1) is 13.7. The second-order valence-corrected chi connectivity index (χ2v) is 9.70. The number of rotatable bonds is 4. The van der Waals surface area contributed by atoms with Crippen LogP contribution in [0.2, 0.25) is 5.02 Å². The van der Waals surface area contributed by atoms with Gasteiger partial charge >= 0.3 is 0 Å². The fourth-order valence-corrected chi connectivity index (χ4v) is 5.35. The number of hydrogen-bond donors (Lipinski definition) is 3. The molecule has 0 saturated heterocycles. The molecule has 3 aromatic rings. The molecule has 4 rings (SSSR count). The van der Waals surface area contributed by atoms with Crippen LogP contribution in [0, 0.1) is 6.92 Å². The van der Waals surface area contributed by atoms with Gasteiger partial charge in [0.2, 0.25) is 10.0 Å². The number of anilines is 1. The van der Waals surface area contributed by atoms with Crippen LogP contribution in [0.25, 0.3) is 16.9 Å². The Balaban J connectivity index is 1.72. The number of aliphatic hydroxyl groups excluding tert-OH is 1. The highest BCUT2D eigenvalue weighted by molar-refractivity contribution is 7.89. The van der Waals surface area contributed by atoms with E-state index in [1.807, 2.05) is 6.92 Å². The quantitative estimate of drug-likeness (QED) is 0.584. The number of sulfonamides is 1. The minimum Gasteiger partial charge on any atom is -0.396 e. The van der Waals surface area contributed by atoms with Crippen molar-refractivity contribution in [3.63, 3.8) is 0 Å². The third kappa shape index (κ3) is 3.98. The van der Waals surface area contributed by atoms with E-state index >= 15 is 0 Å². The average molecular weight is 435 g/mol. The van der Waals surface area contributed by atoms with Crippen LogP contribution < -0.4 is 10.5 Å². The standard InChI is InChI=1S/C20H23ClN4O3S/c1-12-2-7-16(29(27,28)24-14-3-5-15(26)6-4-14)9-17(12)19-10-23-20-18(22)8-13(21)11-25(19)20/h2,7-11,14-15,24,26H,3-6,22H2,1H3/t14-,15-. The monoisotopic (exact) mass is 434 g/mol. The first-order valence-electron chi connectivity index (χ1n) is 9.48. The Kier molecular flexibility index (Phi) is 5.29. The lowest BCUT2D eigenvalue weighted by atomic mass is 9.94. The summed E-state index contributed by atoms with van der Waals surface area (Å²) in [6.45, 7) is 1.91. The smallest absolute Gasteiger partial charge is 0.240 e. The van der Waals surface area contributed by atoms with Gasteiger partial charge in [-0.25, -0.2) is 18.1 Å². The van der Waals surface area contributed by atoms with E-state index in [1.54, 1.807) is 41.1 Å². The highest BCUT2D eigenvalue weighted by Crippen LogP contribution is 2.30. The summed E-state index contributed by atoms with van der Waals surface area (Å²) in [4.78, 5) is 4.55. The number of benzene rings is 1. The van der Waals surface area contributed by atoms with E-state index in [0.717, 1.165) is 11.1 Å². The zero-order chi connectivity index (χ0) is 20.8. The minimum absolute atomic E-state index is 0.164. The topological polar surface area (TPSA) is 110 Å². The molecule has 0 bridgehead atoms. The zero-order valence-electron chi connectivity index (χ0n) is 16.0. The van der Waals surface area contributed by atoms with Crippen molar-refractivity contribution in [1.82, 2.24) is 14.1 Å². The van der Waals surface area contributed by atoms with Gasteiger partial charge in [-0.15, -0.1) is 0 Å². The van der Waals surface area contributed by atoms with Crippen molar-refractivity contribution in [2.24, 2.45) is 0 Å². The molecule has 1 aliphatic rings. The number of nitrogen functional groups attached to an aromatic ring is 1. The van der Waals surface area contributed by atoms with Crippen molar-refractivity contribution in [2.75, 3.05) is 5.73 Å². The highest BCUT2D eigenvalue weighted by atomic mass is 35.5. The summed E-state index contributed by atoms with van der Waals surface area (Å²) in [5, 5.41) is 10.1. The SMILES string of the molecule is Cc1ccc(S(=O)(=O)N[C@H]2CC[C@H](O)CC2)cc1-c1cnc2c(N)cc(Cl)cn12. The number of fused-ring (bicyclic) bond motifs is 1. The predicted molar refractivity (Wildman–Crippen MR) is 113 cm³/mol. The van der Waals surface area contributed by atoms with Gasteiger partial charge in [-0.2, -0.15) is 0 Å². The van der Waals surface area contributed by atoms with E-state index in [2.05, 4.69) is 9.71 Å². The van der Waals surface area contributed by atoms with Crippen LogP contribution in [0.4, 0.5) is 5.69 Å². The molecule has 4 N–H and O–H groups in total.